The van der Waals surface area contributed by atoms with Crippen LogP contribution in [-0.2, 0) is 14.8 Å². The van der Waals surface area contributed by atoms with Gasteiger partial charge in [-0.2, -0.15) is 0 Å². The molecule has 8 nitrogen and oxygen atoms in total. The number of ether oxygens (including phenoxy) is 1. The van der Waals surface area contributed by atoms with Gasteiger partial charge in [0.15, 0.2) is 0 Å². The summed E-state index contributed by atoms with van der Waals surface area (Å²) < 4.78 is 46.5. The number of nitrogens with one attached hydrogen (secondary N) is 2. The number of hydrogen-bond donors (Lipinski definition) is 2. The Bertz CT molecular complexity index is 1360. The van der Waals surface area contributed by atoms with Crippen molar-refractivity contribution in [1.29, 1.82) is 0 Å². The Morgan fingerprint density at radius 2 is 1.77 bits per heavy atom. The maximum absolute atomic E-state index is 13.2. The molecule has 0 unspecified atom stereocenters. The summed E-state index contributed by atoms with van der Waals surface area (Å²) >= 11 is 0. The molecule has 0 radical (unpaired) electrons. The summed E-state index contributed by atoms with van der Waals surface area (Å²) in [4.78, 5) is 27.0. The van der Waals surface area contributed by atoms with Crippen molar-refractivity contribution >= 4 is 38.9 Å². The fourth-order valence-corrected chi connectivity index (χ4v) is 4.91. The lowest BCUT2D eigenvalue weighted by atomic mass is 10.1. The second kappa shape index (κ2) is 10.1. The van der Waals surface area contributed by atoms with E-state index in [0.29, 0.717) is 30.1 Å². The van der Waals surface area contributed by atoms with Crippen LogP contribution in [0.2, 0.25) is 0 Å². The average Bonchev–Trinajstić information content (AvgIpc) is 2.84. The third-order valence-corrected chi connectivity index (χ3v) is 6.97. The second-order valence-corrected chi connectivity index (χ2v) is 9.63. The number of hydrogen-bond acceptors (Lipinski definition) is 5. The highest BCUT2D eigenvalue weighted by Crippen LogP contribution is 2.34. The van der Waals surface area contributed by atoms with E-state index in [1.54, 1.807) is 35.2 Å². The number of nitrogens with zero attached hydrogens (tertiary/aromatic N) is 1. The minimum absolute atomic E-state index is 0.0152. The molecule has 1 aliphatic rings. The predicted molar refractivity (Wildman–Crippen MR) is 131 cm³/mol. The fourth-order valence-electron chi connectivity index (χ4n) is 3.83. The first-order valence-electron chi connectivity index (χ1n) is 11.0. The van der Waals surface area contributed by atoms with Crippen molar-refractivity contribution in [3.05, 3.63) is 78.1 Å². The van der Waals surface area contributed by atoms with Crippen LogP contribution in [0, 0.1) is 5.82 Å². The second-order valence-electron chi connectivity index (χ2n) is 7.95. The van der Waals surface area contributed by atoms with Gasteiger partial charge in [-0.3, -0.25) is 14.3 Å². The first kappa shape index (κ1) is 24.2. The number of benzene rings is 3. The van der Waals surface area contributed by atoms with Crippen molar-refractivity contribution in [3.8, 4) is 5.75 Å². The number of piperidine rings is 1. The molecule has 1 fully saturated rings. The first-order chi connectivity index (χ1) is 16.8. The minimum atomic E-state index is -4.05. The minimum Gasteiger partial charge on any atom is -0.495 e. The summed E-state index contributed by atoms with van der Waals surface area (Å²) in [6.45, 7) is 0.556. The summed E-state index contributed by atoms with van der Waals surface area (Å²) in [6, 6.07) is 15.5. The Morgan fingerprint density at radius 1 is 1.03 bits per heavy atom. The number of carbonyl (C=O) groups is 2. The summed E-state index contributed by atoms with van der Waals surface area (Å²) in [6.07, 6.45) is 2.15. The molecule has 10 heteroatoms. The van der Waals surface area contributed by atoms with Gasteiger partial charge < -0.3 is 15.0 Å². The maximum Gasteiger partial charge on any atom is 0.261 e. The molecule has 1 heterocycles. The predicted octanol–water partition coefficient (Wildman–Crippen LogP) is 4.40. The molecule has 0 saturated carbocycles. The zero-order chi connectivity index (χ0) is 25.0. The van der Waals surface area contributed by atoms with E-state index in [1.165, 1.54) is 19.2 Å². The number of carbonyl (C=O) groups excluding carboxylic acids is 2. The maximum atomic E-state index is 13.2. The summed E-state index contributed by atoms with van der Waals surface area (Å²) in [5.41, 5.74) is 1.12. The average molecular weight is 498 g/mol. The lowest BCUT2D eigenvalue weighted by Gasteiger charge is -2.28. The van der Waals surface area contributed by atoms with Gasteiger partial charge in [0.25, 0.3) is 15.9 Å². The highest BCUT2D eigenvalue weighted by atomic mass is 32.2. The standard InChI is InChI=1S/C25H24FN3O5S/c1-34-23-14-11-18(16-22(23)29-15-5-4-8-24(29)30)27-25(31)20-6-2-3-7-21(20)28-35(32,33)19-12-9-17(26)10-13-19/h2-3,6-7,9-14,16,28H,4-5,8,15H2,1H3,(H,27,31). The smallest absolute Gasteiger partial charge is 0.261 e. The van der Waals surface area contributed by atoms with Gasteiger partial charge in [0.1, 0.15) is 11.6 Å². The Balaban J connectivity index is 1.59. The molecule has 2 amide bonds. The molecule has 1 aliphatic heterocycles. The van der Waals surface area contributed by atoms with Gasteiger partial charge in [0.2, 0.25) is 5.91 Å². The monoisotopic (exact) mass is 497 g/mol. The lowest BCUT2D eigenvalue weighted by Crippen LogP contribution is -2.35. The number of amides is 2. The summed E-state index contributed by atoms with van der Waals surface area (Å²) in [5.74, 6) is -0.624. The molecular weight excluding hydrogens is 473 g/mol. The SMILES string of the molecule is COc1ccc(NC(=O)c2ccccc2NS(=O)(=O)c2ccc(F)cc2)cc1N1CCCCC1=O. The molecular formula is C25H24FN3O5S. The van der Waals surface area contributed by atoms with Gasteiger partial charge >= 0.3 is 0 Å². The quantitative estimate of drug-likeness (QED) is 0.503. The van der Waals surface area contributed by atoms with E-state index in [4.69, 9.17) is 4.74 Å². The van der Waals surface area contributed by atoms with Crippen LogP contribution in [-0.4, -0.2) is 33.9 Å². The van der Waals surface area contributed by atoms with Crippen molar-refractivity contribution in [1.82, 2.24) is 0 Å². The molecule has 2 N–H and O–H groups in total. The van der Waals surface area contributed by atoms with Gasteiger partial charge in [-0.25, -0.2) is 12.8 Å². The van der Waals surface area contributed by atoms with E-state index in [9.17, 15) is 22.4 Å². The molecule has 4 rings (SSSR count). The molecule has 0 bridgehead atoms. The summed E-state index contributed by atoms with van der Waals surface area (Å²) in [7, 11) is -2.54. The Hall–Kier alpha value is -3.92. The lowest BCUT2D eigenvalue weighted by molar-refractivity contribution is -0.119. The topological polar surface area (TPSA) is 105 Å². The fraction of sp³-hybridized carbons (Fsp3) is 0.200. The van der Waals surface area contributed by atoms with Crippen molar-refractivity contribution in [2.24, 2.45) is 0 Å². The highest BCUT2D eigenvalue weighted by Gasteiger charge is 2.24. The van der Waals surface area contributed by atoms with Crippen LogP contribution in [0.4, 0.5) is 21.5 Å². The molecule has 3 aromatic rings. The zero-order valence-electron chi connectivity index (χ0n) is 19.0. The largest absolute Gasteiger partial charge is 0.495 e. The van der Waals surface area contributed by atoms with Gasteiger partial charge in [-0.1, -0.05) is 12.1 Å². The van der Waals surface area contributed by atoms with E-state index in [1.807, 2.05) is 0 Å². The van der Waals surface area contributed by atoms with Crippen molar-refractivity contribution < 1.29 is 27.1 Å². The number of para-hydroxylation sites is 1. The molecule has 1 saturated heterocycles. The van der Waals surface area contributed by atoms with Crippen molar-refractivity contribution in [3.63, 3.8) is 0 Å². The number of methoxy groups -OCH3 is 1. The third-order valence-electron chi connectivity index (χ3n) is 5.59. The van der Waals surface area contributed by atoms with E-state index >= 15 is 0 Å². The van der Waals surface area contributed by atoms with Crippen LogP contribution in [0.5, 0.6) is 5.75 Å². The molecule has 182 valence electrons. The molecule has 35 heavy (non-hydrogen) atoms. The number of rotatable bonds is 7. The molecule has 0 aliphatic carbocycles. The Kier molecular flexibility index (Phi) is 7.02. The highest BCUT2D eigenvalue weighted by molar-refractivity contribution is 7.92. The van der Waals surface area contributed by atoms with Crippen LogP contribution in [0.3, 0.4) is 0 Å². The molecule has 3 aromatic carbocycles. The Morgan fingerprint density at radius 3 is 2.49 bits per heavy atom. The molecule has 0 spiro atoms. The number of anilines is 3. The number of halogens is 1. The van der Waals surface area contributed by atoms with Gasteiger partial charge in [0.05, 0.1) is 28.9 Å². The van der Waals surface area contributed by atoms with E-state index in [-0.39, 0.29) is 22.1 Å². The van der Waals surface area contributed by atoms with Crippen molar-refractivity contribution in [2.75, 3.05) is 28.6 Å². The first-order valence-corrected chi connectivity index (χ1v) is 12.4. The molecule has 0 atom stereocenters. The van der Waals surface area contributed by atoms with E-state index in [2.05, 4.69) is 10.0 Å². The van der Waals surface area contributed by atoms with Gasteiger partial charge in [-0.15, -0.1) is 0 Å². The number of sulfonamides is 1. The van der Waals surface area contributed by atoms with Crippen LogP contribution in [0.25, 0.3) is 0 Å². The zero-order valence-corrected chi connectivity index (χ0v) is 19.8. The normalized spacial score (nSPS) is 13.9. The Labute approximate surface area is 202 Å². The van der Waals surface area contributed by atoms with Crippen LogP contribution >= 0.6 is 0 Å². The van der Waals surface area contributed by atoms with Gasteiger partial charge in [0, 0.05) is 18.7 Å². The van der Waals surface area contributed by atoms with Gasteiger partial charge in [-0.05, 0) is 67.4 Å². The van der Waals surface area contributed by atoms with Crippen LogP contribution in [0.1, 0.15) is 29.6 Å². The van der Waals surface area contributed by atoms with Crippen molar-refractivity contribution in [2.45, 2.75) is 24.2 Å². The van der Waals surface area contributed by atoms with Crippen LogP contribution < -0.4 is 19.7 Å². The molecule has 0 aromatic heterocycles. The summed E-state index contributed by atoms with van der Waals surface area (Å²) in [5, 5.41) is 2.76. The van der Waals surface area contributed by atoms with E-state index < -0.39 is 21.7 Å². The van der Waals surface area contributed by atoms with E-state index in [0.717, 1.165) is 37.1 Å². The third kappa shape index (κ3) is 5.43. The van der Waals surface area contributed by atoms with Crippen LogP contribution in [0.15, 0.2) is 71.6 Å².